The quantitative estimate of drug-likeness (QED) is 0.898. The number of nitrogens with zero attached hydrogens (tertiary/aromatic N) is 1. The molecule has 0 aliphatic carbocycles. The van der Waals surface area contributed by atoms with Crippen LogP contribution in [0.2, 0.25) is 5.02 Å². The van der Waals surface area contributed by atoms with Crippen molar-refractivity contribution in [2.45, 2.75) is 18.9 Å². The number of anilines is 1. The fourth-order valence-electron chi connectivity index (χ4n) is 1.98. The maximum absolute atomic E-state index is 5.99. The third kappa shape index (κ3) is 3.12. The van der Waals surface area contributed by atoms with E-state index >= 15 is 0 Å². The van der Waals surface area contributed by atoms with E-state index in [-0.39, 0.29) is 0 Å². The Balaban J connectivity index is 2.00. The number of piperidine rings is 1. The molecule has 1 aliphatic heterocycles. The molecule has 0 saturated carbocycles. The van der Waals surface area contributed by atoms with Crippen LogP contribution in [0, 0.1) is 0 Å². The lowest BCUT2D eigenvalue weighted by Crippen LogP contribution is -2.36. The van der Waals surface area contributed by atoms with E-state index in [1.165, 1.54) is 12.8 Å². The molecular formula is C12H16BrClN2. The van der Waals surface area contributed by atoms with Crippen molar-refractivity contribution < 1.29 is 0 Å². The average Bonchev–Trinajstić information content (AvgIpc) is 2.27. The maximum atomic E-state index is 5.99. The molecule has 0 radical (unpaired) electrons. The zero-order valence-corrected chi connectivity index (χ0v) is 11.7. The second-order valence-electron chi connectivity index (χ2n) is 4.35. The van der Waals surface area contributed by atoms with E-state index in [0.717, 1.165) is 28.3 Å². The van der Waals surface area contributed by atoms with E-state index in [1.807, 2.05) is 18.2 Å². The molecule has 4 heteroatoms. The SMILES string of the molecule is CN1CCC(Nc2cc(Cl)ccc2Br)CC1. The Morgan fingerprint density at radius 3 is 2.75 bits per heavy atom. The fourth-order valence-corrected chi connectivity index (χ4v) is 2.51. The molecule has 0 spiro atoms. The molecule has 1 N–H and O–H groups in total. The molecule has 1 aromatic carbocycles. The van der Waals surface area contributed by atoms with Crippen LogP contribution in [0.4, 0.5) is 5.69 Å². The van der Waals surface area contributed by atoms with Gasteiger partial charge in [-0.3, -0.25) is 0 Å². The second-order valence-corrected chi connectivity index (χ2v) is 5.64. The summed E-state index contributed by atoms with van der Waals surface area (Å²) in [6.07, 6.45) is 2.38. The van der Waals surface area contributed by atoms with Crippen molar-refractivity contribution in [1.82, 2.24) is 4.90 Å². The van der Waals surface area contributed by atoms with Crippen molar-refractivity contribution in [3.05, 3.63) is 27.7 Å². The van der Waals surface area contributed by atoms with Crippen molar-refractivity contribution >= 4 is 33.2 Å². The number of halogens is 2. The first-order chi connectivity index (χ1) is 7.65. The summed E-state index contributed by atoms with van der Waals surface area (Å²) in [4.78, 5) is 2.37. The fraction of sp³-hybridized carbons (Fsp3) is 0.500. The van der Waals surface area contributed by atoms with Crippen LogP contribution in [0.1, 0.15) is 12.8 Å². The Labute approximate surface area is 110 Å². The molecule has 1 fully saturated rings. The number of hydrogen-bond acceptors (Lipinski definition) is 2. The van der Waals surface area contributed by atoms with Gasteiger partial charge in [0, 0.05) is 15.5 Å². The van der Waals surface area contributed by atoms with Gasteiger partial charge in [0.15, 0.2) is 0 Å². The molecule has 1 aromatic rings. The van der Waals surface area contributed by atoms with Gasteiger partial charge < -0.3 is 10.2 Å². The normalized spacial score (nSPS) is 18.7. The molecule has 1 saturated heterocycles. The summed E-state index contributed by atoms with van der Waals surface area (Å²) in [5.74, 6) is 0. The highest BCUT2D eigenvalue weighted by Gasteiger charge is 2.16. The Hall–Kier alpha value is -0.250. The predicted molar refractivity (Wildman–Crippen MR) is 73.3 cm³/mol. The molecule has 1 aliphatic rings. The van der Waals surface area contributed by atoms with Crippen molar-refractivity contribution in [2.24, 2.45) is 0 Å². The van der Waals surface area contributed by atoms with E-state index in [9.17, 15) is 0 Å². The topological polar surface area (TPSA) is 15.3 Å². The van der Waals surface area contributed by atoms with Gasteiger partial charge in [-0.05, 0) is 67.1 Å². The second kappa shape index (κ2) is 5.39. The van der Waals surface area contributed by atoms with Crippen LogP contribution in [-0.2, 0) is 0 Å². The predicted octanol–water partition coefficient (Wildman–Crippen LogP) is 3.61. The summed E-state index contributed by atoms with van der Waals surface area (Å²) in [5, 5.41) is 4.33. The summed E-state index contributed by atoms with van der Waals surface area (Å²) >= 11 is 9.53. The third-order valence-corrected chi connectivity index (χ3v) is 3.93. The van der Waals surface area contributed by atoms with Crippen LogP contribution < -0.4 is 5.32 Å². The Kier molecular flexibility index (Phi) is 4.11. The molecule has 2 nitrogen and oxygen atoms in total. The first kappa shape index (κ1) is 12.2. The summed E-state index contributed by atoms with van der Waals surface area (Å²) < 4.78 is 1.08. The van der Waals surface area contributed by atoms with Gasteiger partial charge in [-0.2, -0.15) is 0 Å². The smallest absolute Gasteiger partial charge is 0.0501 e. The average molecular weight is 304 g/mol. The highest BCUT2D eigenvalue weighted by molar-refractivity contribution is 9.10. The van der Waals surface area contributed by atoms with E-state index in [4.69, 9.17) is 11.6 Å². The summed E-state index contributed by atoms with van der Waals surface area (Å²) in [7, 11) is 2.17. The van der Waals surface area contributed by atoms with Crippen LogP contribution in [0.5, 0.6) is 0 Å². The molecule has 88 valence electrons. The maximum Gasteiger partial charge on any atom is 0.0501 e. The van der Waals surface area contributed by atoms with Gasteiger partial charge >= 0.3 is 0 Å². The molecule has 0 unspecified atom stereocenters. The molecular weight excluding hydrogens is 288 g/mol. The van der Waals surface area contributed by atoms with Gasteiger partial charge in [-0.15, -0.1) is 0 Å². The minimum Gasteiger partial charge on any atom is -0.381 e. The molecule has 0 atom stereocenters. The molecule has 0 aromatic heterocycles. The van der Waals surface area contributed by atoms with Gasteiger partial charge in [-0.25, -0.2) is 0 Å². The highest BCUT2D eigenvalue weighted by atomic mass is 79.9. The van der Waals surface area contributed by atoms with Gasteiger partial charge in [0.2, 0.25) is 0 Å². The molecule has 0 bridgehead atoms. The number of likely N-dealkylation sites (tertiary alicyclic amines) is 1. The minimum absolute atomic E-state index is 0.561. The summed E-state index contributed by atoms with van der Waals surface area (Å²) in [6, 6.07) is 6.42. The Bertz CT molecular complexity index is 362. The van der Waals surface area contributed by atoms with Crippen LogP contribution >= 0.6 is 27.5 Å². The van der Waals surface area contributed by atoms with Crippen molar-refractivity contribution in [1.29, 1.82) is 0 Å². The zero-order valence-electron chi connectivity index (χ0n) is 9.34. The summed E-state index contributed by atoms with van der Waals surface area (Å²) in [6.45, 7) is 2.33. The minimum atomic E-state index is 0.561. The third-order valence-electron chi connectivity index (χ3n) is 3.01. The lowest BCUT2D eigenvalue weighted by Gasteiger charge is -2.30. The van der Waals surface area contributed by atoms with E-state index in [0.29, 0.717) is 6.04 Å². The lowest BCUT2D eigenvalue weighted by molar-refractivity contribution is 0.264. The zero-order chi connectivity index (χ0) is 11.5. The lowest BCUT2D eigenvalue weighted by atomic mass is 10.1. The van der Waals surface area contributed by atoms with Gasteiger partial charge in [0.05, 0.1) is 5.69 Å². The van der Waals surface area contributed by atoms with E-state index in [1.54, 1.807) is 0 Å². The largest absolute Gasteiger partial charge is 0.381 e. The molecule has 1 heterocycles. The number of nitrogens with one attached hydrogen (secondary N) is 1. The Morgan fingerprint density at radius 2 is 2.06 bits per heavy atom. The first-order valence-electron chi connectivity index (χ1n) is 5.55. The van der Waals surface area contributed by atoms with Gasteiger partial charge in [-0.1, -0.05) is 11.6 Å². The monoisotopic (exact) mass is 302 g/mol. The van der Waals surface area contributed by atoms with Crippen LogP contribution in [-0.4, -0.2) is 31.1 Å². The number of benzene rings is 1. The van der Waals surface area contributed by atoms with Gasteiger partial charge in [0.1, 0.15) is 0 Å². The van der Waals surface area contributed by atoms with Crippen molar-refractivity contribution in [3.8, 4) is 0 Å². The van der Waals surface area contributed by atoms with Crippen molar-refractivity contribution in [2.75, 3.05) is 25.5 Å². The number of hydrogen-bond donors (Lipinski definition) is 1. The van der Waals surface area contributed by atoms with E-state index in [2.05, 4.69) is 33.2 Å². The molecule has 16 heavy (non-hydrogen) atoms. The Morgan fingerprint density at radius 1 is 1.38 bits per heavy atom. The highest BCUT2D eigenvalue weighted by Crippen LogP contribution is 2.27. The molecule has 2 rings (SSSR count). The van der Waals surface area contributed by atoms with Crippen LogP contribution in [0.25, 0.3) is 0 Å². The number of rotatable bonds is 2. The van der Waals surface area contributed by atoms with Crippen LogP contribution in [0.3, 0.4) is 0 Å². The first-order valence-corrected chi connectivity index (χ1v) is 6.72. The molecule has 0 amide bonds. The van der Waals surface area contributed by atoms with E-state index < -0.39 is 0 Å². The summed E-state index contributed by atoms with van der Waals surface area (Å²) in [5.41, 5.74) is 1.10. The van der Waals surface area contributed by atoms with Gasteiger partial charge in [0.25, 0.3) is 0 Å². The standard InChI is InChI=1S/C12H16BrClN2/c1-16-6-4-10(5-7-16)15-12-8-9(14)2-3-11(12)13/h2-3,8,10,15H,4-7H2,1H3. The van der Waals surface area contributed by atoms with Crippen LogP contribution in [0.15, 0.2) is 22.7 Å². The van der Waals surface area contributed by atoms with Crippen molar-refractivity contribution in [3.63, 3.8) is 0 Å².